The van der Waals surface area contributed by atoms with Crippen molar-refractivity contribution < 1.29 is 22.3 Å². The molecule has 1 heterocycles. The molecular weight excluding hydrogens is 457 g/mol. The van der Waals surface area contributed by atoms with Gasteiger partial charge in [0.2, 0.25) is 15.9 Å². The third kappa shape index (κ3) is 5.55. The number of piperazine rings is 1. The summed E-state index contributed by atoms with van der Waals surface area (Å²) in [5.74, 6) is -0.306. The van der Waals surface area contributed by atoms with Crippen LogP contribution in [0.3, 0.4) is 0 Å². The normalized spacial score (nSPS) is 15.1. The predicted octanol–water partition coefficient (Wildman–Crippen LogP) is 2.82. The van der Waals surface area contributed by atoms with E-state index in [1.165, 1.54) is 10.4 Å². The van der Waals surface area contributed by atoms with E-state index < -0.39 is 15.8 Å². The molecule has 3 aromatic carbocycles. The summed E-state index contributed by atoms with van der Waals surface area (Å²) in [5, 5.41) is 1.86. The molecule has 1 aliphatic heterocycles. The average molecular weight is 486 g/mol. The fourth-order valence-electron chi connectivity index (χ4n) is 3.94. The highest BCUT2D eigenvalue weighted by atomic mass is 32.2. The van der Waals surface area contributed by atoms with Crippen molar-refractivity contribution in [1.29, 1.82) is 0 Å². The molecule has 0 N–H and O–H groups in total. The average Bonchev–Trinajstić information content (AvgIpc) is 2.85. The number of rotatable bonds is 8. The van der Waals surface area contributed by atoms with Crippen molar-refractivity contribution in [2.45, 2.75) is 4.90 Å². The zero-order chi connectivity index (χ0) is 24.1. The molecule has 0 bridgehead atoms. The molecule has 0 atom stereocenters. The van der Waals surface area contributed by atoms with Gasteiger partial charge >= 0.3 is 0 Å². The molecule has 1 aliphatic rings. The molecule has 0 spiro atoms. The standard InChI is InChI=1S/C25H28FN3O4S/c1-27(16-17-33-24-9-5-4-8-23(24)26)19-25(30)28-12-14-29(15-13-28)34(31,32)22-11-10-20-6-2-3-7-21(20)18-22/h2-11,18H,12-17,19H2,1H3. The number of hydrogen-bond donors (Lipinski definition) is 0. The van der Waals surface area contributed by atoms with Gasteiger partial charge in [0.1, 0.15) is 6.61 Å². The van der Waals surface area contributed by atoms with E-state index in [0.29, 0.717) is 19.6 Å². The Kier molecular flexibility index (Phi) is 7.45. The predicted molar refractivity (Wildman–Crippen MR) is 129 cm³/mol. The number of halogens is 1. The van der Waals surface area contributed by atoms with E-state index in [1.807, 2.05) is 30.3 Å². The van der Waals surface area contributed by atoms with Crippen molar-refractivity contribution in [3.8, 4) is 5.75 Å². The number of ether oxygens (including phenoxy) is 1. The second-order valence-electron chi connectivity index (χ2n) is 8.31. The number of sulfonamides is 1. The minimum Gasteiger partial charge on any atom is -0.489 e. The number of likely N-dealkylation sites (N-methyl/N-ethyl adjacent to an activating group) is 1. The number of benzene rings is 3. The highest BCUT2D eigenvalue weighted by Gasteiger charge is 2.30. The highest BCUT2D eigenvalue weighted by Crippen LogP contribution is 2.23. The van der Waals surface area contributed by atoms with Crippen LogP contribution in [0.1, 0.15) is 0 Å². The highest BCUT2D eigenvalue weighted by molar-refractivity contribution is 7.89. The molecule has 1 fully saturated rings. The molecule has 0 aliphatic carbocycles. The summed E-state index contributed by atoms with van der Waals surface area (Å²) in [6.45, 7) is 2.06. The first kappa shape index (κ1) is 24.1. The Hall–Kier alpha value is -3.01. The number of amides is 1. The molecule has 0 unspecified atom stereocenters. The first-order chi connectivity index (χ1) is 16.3. The van der Waals surface area contributed by atoms with E-state index in [9.17, 15) is 17.6 Å². The number of para-hydroxylation sites is 1. The van der Waals surface area contributed by atoms with Crippen LogP contribution in [0.4, 0.5) is 4.39 Å². The second kappa shape index (κ2) is 10.5. The SMILES string of the molecule is CN(CCOc1ccccc1F)CC(=O)N1CCN(S(=O)(=O)c2ccc3ccccc3c2)CC1. The molecule has 0 saturated carbocycles. The van der Waals surface area contributed by atoms with Crippen molar-refractivity contribution in [3.63, 3.8) is 0 Å². The van der Waals surface area contributed by atoms with E-state index >= 15 is 0 Å². The Morgan fingerprint density at radius 1 is 0.971 bits per heavy atom. The van der Waals surface area contributed by atoms with Crippen molar-refractivity contribution in [3.05, 3.63) is 72.5 Å². The molecule has 0 radical (unpaired) electrons. The Morgan fingerprint density at radius 2 is 1.65 bits per heavy atom. The van der Waals surface area contributed by atoms with Gasteiger partial charge in [0, 0.05) is 32.7 Å². The van der Waals surface area contributed by atoms with Crippen LogP contribution in [0.25, 0.3) is 10.8 Å². The molecule has 7 nitrogen and oxygen atoms in total. The Bertz CT molecular complexity index is 1260. The Morgan fingerprint density at radius 3 is 2.38 bits per heavy atom. The van der Waals surface area contributed by atoms with Crippen LogP contribution in [-0.2, 0) is 14.8 Å². The van der Waals surface area contributed by atoms with Crippen LogP contribution in [0.15, 0.2) is 71.6 Å². The van der Waals surface area contributed by atoms with Crippen LogP contribution in [0, 0.1) is 5.82 Å². The lowest BCUT2D eigenvalue weighted by Gasteiger charge is -2.34. The number of carbonyl (C=O) groups is 1. The van der Waals surface area contributed by atoms with Crippen LogP contribution < -0.4 is 4.74 Å². The fourth-order valence-corrected chi connectivity index (χ4v) is 5.40. The minimum absolute atomic E-state index is 0.0730. The van der Waals surface area contributed by atoms with Gasteiger partial charge in [0.25, 0.3) is 0 Å². The number of carbonyl (C=O) groups excluding carboxylic acids is 1. The topological polar surface area (TPSA) is 70.2 Å². The van der Waals surface area contributed by atoms with Gasteiger partial charge in [-0.25, -0.2) is 12.8 Å². The van der Waals surface area contributed by atoms with Crippen LogP contribution in [0.2, 0.25) is 0 Å². The summed E-state index contributed by atoms with van der Waals surface area (Å²) >= 11 is 0. The van der Waals surface area contributed by atoms with Crippen LogP contribution in [0.5, 0.6) is 5.75 Å². The quantitative estimate of drug-likeness (QED) is 0.491. The van der Waals surface area contributed by atoms with E-state index in [-0.39, 0.29) is 42.8 Å². The van der Waals surface area contributed by atoms with Gasteiger partial charge in [-0.1, -0.05) is 42.5 Å². The molecule has 180 valence electrons. The van der Waals surface area contributed by atoms with Crippen LogP contribution in [-0.4, -0.2) is 81.4 Å². The Labute approximate surface area is 199 Å². The third-order valence-corrected chi connectivity index (χ3v) is 7.82. The number of nitrogens with zero attached hydrogens (tertiary/aromatic N) is 3. The summed E-state index contributed by atoms with van der Waals surface area (Å²) in [6.07, 6.45) is 0. The molecule has 3 aromatic rings. The van der Waals surface area contributed by atoms with Gasteiger partial charge in [-0.3, -0.25) is 9.69 Å². The summed E-state index contributed by atoms with van der Waals surface area (Å²) < 4.78 is 46.7. The summed E-state index contributed by atoms with van der Waals surface area (Å²) in [6, 6.07) is 19.0. The molecule has 1 saturated heterocycles. The zero-order valence-corrected chi connectivity index (χ0v) is 19.9. The second-order valence-corrected chi connectivity index (χ2v) is 10.2. The first-order valence-electron chi connectivity index (χ1n) is 11.2. The lowest BCUT2D eigenvalue weighted by molar-refractivity contribution is -0.133. The zero-order valence-electron chi connectivity index (χ0n) is 19.1. The van der Waals surface area contributed by atoms with Gasteiger partial charge in [0.15, 0.2) is 11.6 Å². The summed E-state index contributed by atoms with van der Waals surface area (Å²) in [7, 11) is -1.84. The third-order valence-electron chi connectivity index (χ3n) is 5.92. The van der Waals surface area contributed by atoms with Crippen LogP contribution >= 0.6 is 0 Å². The molecular formula is C25H28FN3O4S. The molecule has 9 heteroatoms. The maximum Gasteiger partial charge on any atom is 0.243 e. The minimum atomic E-state index is -3.63. The molecule has 1 amide bonds. The first-order valence-corrected chi connectivity index (χ1v) is 12.6. The van der Waals surface area contributed by atoms with Crippen molar-refractivity contribution >= 4 is 26.7 Å². The van der Waals surface area contributed by atoms with Gasteiger partial charge in [-0.05, 0) is 42.1 Å². The number of fused-ring (bicyclic) bond motifs is 1. The van der Waals surface area contributed by atoms with E-state index in [2.05, 4.69) is 0 Å². The lowest BCUT2D eigenvalue weighted by Crippen LogP contribution is -2.52. The van der Waals surface area contributed by atoms with E-state index in [4.69, 9.17) is 4.74 Å². The van der Waals surface area contributed by atoms with Gasteiger partial charge in [-0.15, -0.1) is 0 Å². The van der Waals surface area contributed by atoms with Gasteiger partial charge in [-0.2, -0.15) is 4.31 Å². The smallest absolute Gasteiger partial charge is 0.243 e. The van der Waals surface area contributed by atoms with Crippen molar-refractivity contribution in [2.75, 3.05) is 52.9 Å². The van der Waals surface area contributed by atoms with Gasteiger partial charge in [0.05, 0.1) is 11.4 Å². The largest absolute Gasteiger partial charge is 0.489 e. The van der Waals surface area contributed by atoms with Crippen molar-refractivity contribution in [2.24, 2.45) is 0 Å². The maximum absolute atomic E-state index is 13.6. The molecule has 34 heavy (non-hydrogen) atoms. The summed E-state index contributed by atoms with van der Waals surface area (Å²) in [4.78, 5) is 16.4. The van der Waals surface area contributed by atoms with E-state index in [0.717, 1.165) is 10.8 Å². The van der Waals surface area contributed by atoms with Crippen molar-refractivity contribution in [1.82, 2.24) is 14.1 Å². The number of hydrogen-bond acceptors (Lipinski definition) is 5. The monoisotopic (exact) mass is 485 g/mol. The maximum atomic E-state index is 13.6. The molecule has 0 aromatic heterocycles. The fraction of sp³-hybridized carbons (Fsp3) is 0.320. The van der Waals surface area contributed by atoms with E-state index in [1.54, 1.807) is 47.2 Å². The Balaban J connectivity index is 1.27. The summed E-state index contributed by atoms with van der Waals surface area (Å²) in [5.41, 5.74) is 0. The molecule has 4 rings (SSSR count). The van der Waals surface area contributed by atoms with Gasteiger partial charge < -0.3 is 9.64 Å². The lowest BCUT2D eigenvalue weighted by atomic mass is 10.1.